The minimum absolute atomic E-state index is 0.173. The number of primary amides is 1. The van der Waals surface area contributed by atoms with Crippen molar-refractivity contribution in [3.8, 4) is 0 Å². The van der Waals surface area contributed by atoms with Crippen molar-refractivity contribution < 1.29 is 28.8 Å². The molecule has 7 amide bonds. The molecule has 1 aliphatic rings. The van der Waals surface area contributed by atoms with Crippen molar-refractivity contribution in [2.45, 2.75) is 68.9 Å². The fourth-order valence-corrected chi connectivity index (χ4v) is 4.63. The summed E-state index contributed by atoms with van der Waals surface area (Å²) in [4.78, 5) is 74.3. The summed E-state index contributed by atoms with van der Waals surface area (Å²) in [5.41, 5.74) is 6.81. The van der Waals surface area contributed by atoms with Crippen molar-refractivity contribution in [3.05, 3.63) is 42.0 Å². The maximum absolute atomic E-state index is 13.2. The van der Waals surface area contributed by atoms with Gasteiger partial charge >= 0.3 is 6.03 Å². The van der Waals surface area contributed by atoms with E-state index in [0.717, 1.165) is 14.9 Å². The maximum Gasteiger partial charge on any atom is 0.312 e. The summed E-state index contributed by atoms with van der Waals surface area (Å²) in [5, 5.41) is 10.8. The lowest BCUT2D eigenvalue weighted by atomic mass is 10.0. The maximum atomic E-state index is 13.2. The number of carbonyl (C=O) groups excluding carboxylic acids is 6. The van der Waals surface area contributed by atoms with Crippen molar-refractivity contribution >= 4 is 63.8 Å². The first-order valence-electron chi connectivity index (χ1n) is 13.6. The molecule has 41 heavy (non-hydrogen) atoms. The molecular weight excluding hydrogens is 643 g/mol. The number of nitrogens with zero attached hydrogens (tertiary/aromatic N) is 1. The van der Waals surface area contributed by atoms with Crippen LogP contribution in [0.15, 0.2) is 36.4 Å². The lowest BCUT2D eigenvalue weighted by Gasteiger charge is -2.25. The monoisotopic (exact) mass is 682 g/mol. The van der Waals surface area contributed by atoms with Gasteiger partial charge in [-0.25, -0.2) is 4.79 Å². The van der Waals surface area contributed by atoms with Gasteiger partial charge in [-0.3, -0.25) is 28.9 Å². The summed E-state index contributed by atoms with van der Waals surface area (Å²) >= 11 is 2.25. The number of carbonyl (C=O) groups is 6. The van der Waals surface area contributed by atoms with E-state index in [1.54, 1.807) is 26.0 Å². The third kappa shape index (κ3) is 11.9. The van der Waals surface area contributed by atoms with Gasteiger partial charge in [0.2, 0.25) is 17.7 Å². The Morgan fingerprint density at radius 1 is 0.902 bits per heavy atom. The quantitative estimate of drug-likeness (QED) is 0.0727. The molecule has 1 aliphatic heterocycles. The summed E-state index contributed by atoms with van der Waals surface area (Å²) in [6.45, 7) is 4.12. The standard InChI is InChI=1S/C28H39IN6O6/c1-18(2)25(34-22(36)8-4-3-5-16-35-23(37)13-14-24(35)38)27(40)33-21(7-6-15-31-28(30)41)26(39)32-20-11-9-19(17-29)10-12-20/h9-14,18,21,25H,3-8,15-17H2,1-2H3,(H,32,39)(H,33,40)(H,34,36)(H3,30,31,41). The molecule has 1 aromatic carbocycles. The Bertz CT molecular complexity index is 1110. The molecule has 2 unspecified atom stereocenters. The van der Waals surface area contributed by atoms with E-state index < -0.39 is 29.9 Å². The van der Waals surface area contributed by atoms with Gasteiger partial charge in [-0.2, -0.15) is 0 Å². The average Bonchev–Trinajstić information content (AvgIpc) is 3.25. The van der Waals surface area contributed by atoms with Crippen molar-refractivity contribution in [2.24, 2.45) is 11.7 Å². The molecular formula is C28H39IN6O6. The normalized spacial score (nSPS) is 14.1. The zero-order valence-electron chi connectivity index (χ0n) is 23.4. The number of alkyl halides is 1. The highest BCUT2D eigenvalue weighted by Gasteiger charge is 2.29. The van der Waals surface area contributed by atoms with Gasteiger partial charge in [0, 0.05) is 41.8 Å². The second-order valence-electron chi connectivity index (χ2n) is 10.1. The molecule has 0 saturated carbocycles. The summed E-state index contributed by atoms with van der Waals surface area (Å²) in [6, 6.07) is 4.92. The first kappa shape index (κ1) is 33.7. The van der Waals surface area contributed by atoms with E-state index in [0.29, 0.717) is 37.9 Å². The summed E-state index contributed by atoms with van der Waals surface area (Å²) in [7, 11) is 0. The SMILES string of the molecule is CC(C)C(NC(=O)CCCCCN1C(=O)C=CC1=O)C(=O)NC(CCCNC(N)=O)C(=O)Nc1ccc(CI)cc1. The van der Waals surface area contributed by atoms with Crippen LogP contribution in [-0.4, -0.2) is 65.6 Å². The Kier molecular flexibility index (Phi) is 14.3. The largest absolute Gasteiger partial charge is 0.352 e. The number of hydrogen-bond donors (Lipinski definition) is 5. The second kappa shape index (κ2) is 17.4. The first-order valence-corrected chi connectivity index (χ1v) is 15.2. The summed E-state index contributed by atoms with van der Waals surface area (Å²) < 4.78 is 0.832. The highest BCUT2D eigenvalue weighted by atomic mass is 127. The van der Waals surface area contributed by atoms with Crippen LogP contribution < -0.4 is 27.0 Å². The number of imide groups is 1. The fourth-order valence-electron chi connectivity index (χ4n) is 4.12. The van der Waals surface area contributed by atoms with Crippen LogP contribution in [0.5, 0.6) is 0 Å². The van der Waals surface area contributed by atoms with Gasteiger partial charge < -0.3 is 27.0 Å². The Hall–Kier alpha value is -3.49. The smallest absolute Gasteiger partial charge is 0.312 e. The van der Waals surface area contributed by atoms with Gasteiger partial charge in [0.1, 0.15) is 12.1 Å². The highest BCUT2D eigenvalue weighted by Crippen LogP contribution is 2.14. The van der Waals surface area contributed by atoms with E-state index >= 15 is 0 Å². The number of halogens is 1. The molecule has 0 bridgehead atoms. The topological polar surface area (TPSA) is 180 Å². The van der Waals surface area contributed by atoms with Crippen molar-refractivity contribution in [1.29, 1.82) is 0 Å². The van der Waals surface area contributed by atoms with Gasteiger partial charge in [0.05, 0.1) is 0 Å². The molecule has 2 atom stereocenters. The number of amides is 7. The van der Waals surface area contributed by atoms with Crippen LogP contribution >= 0.6 is 22.6 Å². The Labute approximate surface area is 253 Å². The van der Waals surface area contributed by atoms with Gasteiger partial charge in [0.15, 0.2) is 0 Å². The van der Waals surface area contributed by atoms with Crippen LogP contribution in [0, 0.1) is 5.92 Å². The van der Waals surface area contributed by atoms with Gasteiger partial charge in [-0.15, -0.1) is 0 Å². The molecule has 0 aliphatic carbocycles. The number of hydrogen-bond acceptors (Lipinski definition) is 6. The zero-order chi connectivity index (χ0) is 30.4. The molecule has 0 saturated heterocycles. The molecule has 1 heterocycles. The minimum atomic E-state index is -0.912. The zero-order valence-corrected chi connectivity index (χ0v) is 25.6. The van der Waals surface area contributed by atoms with Crippen LogP contribution in [0.3, 0.4) is 0 Å². The van der Waals surface area contributed by atoms with Crippen molar-refractivity contribution in [1.82, 2.24) is 20.9 Å². The Morgan fingerprint density at radius 2 is 1.56 bits per heavy atom. The number of rotatable bonds is 17. The Balaban J connectivity index is 1.92. The number of urea groups is 1. The van der Waals surface area contributed by atoms with Crippen LogP contribution in [0.4, 0.5) is 10.5 Å². The first-order chi connectivity index (χ1) is 19.5. The third-order valence-corrected chi connectivity index (χ3v) is 7.31. The van der Waals surface area contributed by atoms with Crippen molar-refractivity contribution in [3.63, 3.8) is 0 Å². The highest BCUT2D eigenvalue weighted by molar-refractivity contribution is 14.1. The van der Waals surface area contributed by atoms with Gasteiger partial charge in [-0.1, -0.05) is 55.0 Å². The summed E-state index contributed by atoms with van der Waals surface area (Å²) in [5.74, 6) is -2.13. The molecule has 0 aromatic heterocycles. The van der Waals surface area contributed by atoms with E-state index in [4.69, 9.17) is 5.73 Å². The van der Waals surface area contributed by atoms with Crippen LogP contribution in [-0.2, 0) is 28.4 Å². The van der Waals surface area contributed by atoms with E-state index in [-0.39, 0.29) is 43.0 Å². The molecule has 0 spiro atoms. The lowest BCUT2D eigenvalue weighted by molar-refractivity contribution is -0.137. The van der Waals surface area contributed by atoms with E-state index in [9.17, 15) is 28.8 Å². The number of nitrogens with one attached hydrogen (secondary N) is 4. The molecule has 12 nitrogen and oxygen atoms in total. The predicted molar refractivity (Wildman–Crippen MR) is 163 cm³/mol. The average molecular weight is 683 g/mol. The minimum Gasteiger partial charge on any atom is -0.352 e. The second-order valence-corrected chi connectivity index (χ2v) is 10.8. The van der Waals surface area contributed by atoms with Crippen LogP contribution in [0.2, 0.25) is 0 Å². The fraction of sp³-hybridized carbons (Fsp3) is 0.500. The third-order valence-electron chi connectivity index (χ3n) is 6.43. The van der Waals surface area contributed by atoms with E-state index in [1.807, 2.05) is 12.1 Å². The molecule has 0 radical (unpaired) electrons. The number of nitrogens with two attached hydrogens (primary N) is 1. The number of anilines is 1. The molecule has 6 N–H and O–H groups in total. The van der Waals surface area contributed by atoms with E-state index in [2.05, 4.69) is 43.9 Å². The summed E-state index contributed by atoms with van der Waals surface area (Å²) in [6.07, 6.45) is 5.00. The van der Waals surface area contributed by atoms with Crippen molar-refractivity contribution in [2.75, 3.05) is 18.4 Å². The van der Waals surface area contributed by atoms with Gasteiger partial charge in [-0.05, 0) is 49.3 Å². The molecule has 1 aromatic rings. The number of benzene rings is 1. The van der Waals surface area contributed by atoms with Gasteiger partial charge in [0.25, 0.3) is 11.8 Å². The van der Waals surface area contributed by atoms with Crippen LogP contribution in [0.1, 0.15) is 57.9 Å². The van der Waals surface area contributed by atoms with E-state index in [1.165, 1.54) is 12.2 Å². The Morgan fingerprint density at radius 3 is 2.15 bits per heavy atom. The lowest BCUT2D eigenvalue weighted by Crippen LogP contribution is -2.54. The molecule has 0 fully saturated rings. The molecule has 2 rings (SSSR count). The molecule has 224 valence electrons. The van der Waals surface area contributed by atoms with Crippen LogP contribution in [0.25, 0.3) is 0 Å². The predicted octanol–water partition coefficient (Wildman–Crippen LogP) is 2.12. The molecule has 13 heteroatoms. The number of unbranched alkanes of at least 4 members (excludes halogenated alkanes) is 2.